The summed E-state index contributed by atoms with van der Waals surface area (Å²) in [7, 11) is 0. The lowest BCUT2D eigenvalue weighted by molar-refractivity contribution is 0.208. The summed E-state index contributed by atoms with van der Waals surface area (Å²) in [5.41, 5.74) is 3.41. The van der Waals surface area contributed by atoms with Crippen LogP contribution < -0.4 is 10.2 Å². The molecule has 1 saturated heterocycles. The minimum atomic E-state index is -0.353. The van der Waals surface area contributed by atoms with E-state index in [4.69, 9.17) is 28.2 Å². The Balaban J connectivity index is 1.32. The Morgan fingerprint density at radius 2 is 1.59 bits per heavy atom. The summed E-state index contributed by atoms with van der Waals surface area (Å²) in [6.07, 6.45) is 1.52. The van der Waals surface area contributed by atoms with Crippen LogP contribution in [-0.4, -0.2) is 56.6 Å². The van der Waals surface area contributed by atoms with Crippen molar-refractivity contribution in [1.82, 2.24) is 24.4 Å². The molecule has 1 aliphatic rings. The Hall–Kier alpha value is -4.21. The second kappa shape index (κ2) is 10.5. The third kappa shape index (κ3) is 4.98. The Morgan fingerprint density at radius 1 is 0.872 bits per heavy atom. The molecule has 3 heterocycles. The third-order valence-electron chi connectivity index (χ3n) is 6.59. The van der Waals surface area contributed by atoms with Gasteiger partial charge >= 0.3 is 6.03 Å². The molecule has 0 saturated carbocycles. The van der Waals surface area contributed by atoms with Gasteiger partial charge < -0.3 is 15.1 Å². The highest BCUT2D eigenvalue weighted by Crippen LogP contribution is 2.35. The number of rotatable bonds is 4. The molecular weight excluding hydrogens is 540 g/mol. The molecule has 0 bridgehead atoms. The maximum Gasteiger partial charge on any atom is 0.321 e. The SMILES string of the molecule is O=C(Nc1ccc(F)cc1)N1CCN(c2ncnc3c2nc(-c2ccccc2Cl)n3-c2ccc(Cl)cc2)CC1. The van der Waals surface area contributed by atoms with Crippen LogP contribution in [0.3, 0.4) is 0 Å². The molecule has 2 amide bonds. The first-order valence-corrected chi connectivity index (χ1v) is 13.0. The standard InChI is InChI=1S/C28H22Cl2FN7O/c29-18-5-11-21(12-6-18)38-25(22-3-1-2-4-23(22)30)35-24-26(32-17-33-27(24)38)36-13-15-37(16-14-36)28(39)34-20-9-7-19(31)8-10-20/h1-12,17H,13-16H2,(H,34,39). The summed E-state index contributed by atoms with van der Waals surface area (Å²) in [5.74, 6) is 0.963. The van der Waals surface area contributed by atoms with Gasteiger partial charge in [0.05, 0.1) is 5.02 Å². The van der Waals surface area contributed by atoms with E-state index >= 15 is 0 Å². The molecule has 6 rings (SSSR count). The highest BCUT2D eigenvalue weighted by atomic mass is 35.5. The van der Waals surface area contributed by atoms with Crippen LogP contribution in [0.5, 0.6) is 0 Å². The average Bonchev–Trinajstić information content (AvgIpc) is 3.34. The number of hydrogen-bond donors (Lipinski definition) is 1. The van der Waals surface area contributed by atoms with E-state index in [-0.39, 0.29) is 11.8 Å². The molecule has 1 N–H and O–H groups in total. The maximum atomic E-state index is 13.2. The van der Waals surface area contributed by atoms with Crippen LogP contribution in [0, 0.1) is 5.82 Å². The highest BCUT2D eigenvalue weighted by Gasteiger charge is 2.26. The number of imidazole rings is 1. The number of nitrogens with zero attached hydrogens (tertiary/aromatic N) is 6. The van der Waals surface area contributed by atoms with Gasteiger partial charge in [0, 0.05) is 48.1 Å². The molecule has 8 nitrogen and oxygen atoms in total. The van der Waals surface area contributed by atoms with Crippen molar-refractivity contribution in [3.8, 4) is 17.1 Å². The minimum Gasteiger partial charge on any atom is -0.351 e. The second-order valence-electron chi connectivity index (χ2n) is 9.01. The molecule has 0 spiro atoms. The zero-order valence-corrected chi connectivity index (χ0v) is 22.1. The van der Waals surface area contributed by atoms with Crippen molar-refractivity contribution in [3.05, 3.63) is 95.0 Å². The molecule has 0 aliphatic carbocycles. The van der Waals surface area contributed by atoms with Crippen molar-refractivity contribution in [2.75, 3.05) is 36.4 Å². The van der Waals surface area contributed by atoms with Crippen molar-refractivity contribution in [3.63, 3.8) is 0 Å². The molecule has 196 valence electrons. The van der Waals surface area contributed by atoms with Crippen LogP contribution in [0.25, 0.3) is 28.2 Å². The van der Waals surface area contributed by atoms with E-state index < -0.39 is 0 Å². The Bertz CT molecular complexity index is 1650. The summed E-state index contributed by atoms with van der Waals surface area (Å²) in [4.78, 5) is 30.8. The summed E-state index contributed by atoms with van der Waals surface area (Å²) in [6.45, 7) is 2.07. The number of piperazine rings is 1. The Morgan fingerprint density at radius 3 is 2.31 bits per heavy atom. The number of aromatic nitrogens is 4. The zero-order chi connectivity index (χ0) is 26.9. The van der Waals surface area contributed by atoms with Gasteiger partial charge in [0.15, 0.2) is 17.0 Å². The van der Waals surface area contributed by atoms with Gasteiger partial charge in [0.2, 0.25) is 0 Å². The predicted molar refractivity (Wildman–Crippen MR) is 151 cm³/mol. The first kappa shape index (κ1) is 25.1. The van der Waals surface area contributed by atoms with Crippen molar-refractivity contribution in [1.29, 1.82) is 0 Å². The largest absolute Gasteiger partial charge is 0.351 e. The molecule has 0 unspecified atom stereocenters. The number of nitrogens with one attached hydrogen (secondary N) is 1. The smallest absolute Gasteiger partial charge is 0.321 e. The lowest BCUT2D eigenvalue weighted by Gasteiger charge is -2.35. The summed E-state index contributed by atoms with van der Waals surface area (Å²) < 4.78 is 15.1. The fourth-order valence-electron chi connectivity index (χ4n) is 4.63. The van der Waals surface area contributed by atoms with E-state index in [0.717, 1.165) is 11.3 Å². The van der Waals surface area contributed by atoms with E-state index in [1.165, 1.54) is 30.6 Å². The quantitative estimate of drug-likeness (QED) is 0.279. The number of anilines is 2. The van der Waals surface area contributed by atoms with Crippen LogP contribution in [0.1, 0.15) is 0 Å². The van der Waals surface area contributed by atoms with E-state index in [2.05, 4.69) is 20.2 Å². The molecule has 2 aromatic heterocycles. The van der Waals surface area contributed by atoms with Crippen LogP contribution in [0.4, 0.5) is 20.7 Å². The Labute approximate surface area is 233 Å². The van der Waals surface area contributed by atoms with Gasteiger partial charge in [-0.25, -0.2) is 24.1 Å². The number of fused-ring (bicyclic) bond motifs is 1. The maximum absolute atomic E-state index is 13.2. The van der Waals surface area contributed by atoms with Crippen molar-refractivity contribution in [2.45, 2.75) is 0 Å². The normalized spacial score (nSPS) is 13.6. The van der Waals surface area contributed by atoms with Crippen molar-refractivity contribution < 1.29 is 9.18 Å². The lowest BCUT2D eigenvalue weighted by Crippen LogP contribution is -2.50. The number of amides is 2. The van der Waals surface area contributed by atoms with Crippen LogP contribution in [-0.2, 0) is 0 Å². The molecule has 1 aliphatic heterocycles. The zero-order valence-electron chi connectivity index (χ0n) is 20.6. The van der Waals surface area contributed by atoms with Gasteiger partial charge in [0.25, 0.3) is 0 Å². The first-order chi connectivity index (χ1) is 19.0. The molecule has 0 atom stereocenters. The second-order valence-corrected chi connectivity index (χ2v) is 9.85. The molecule has 39 heavy (non-hydrogen) atoms. The fourth-order valence-corrected chi connectivity index (χ4v) is 4.97. The summed E-state index contributed by atoms with van der Waals surface area (Å²) in [6, 6.07) is 20.4. The number of halogens is 3. The van der Waals surface area contributed by atoms with Gasteiger partial charge in [0.1, 0.15) is 18.0 Å². The highest BCUT2D eigenvalue weighted by molar-refractivity contribution is 6.33. The van der Waals surface area contributed by atoms with Gasteiger partial charge in [-0.2, -0.15) is 0 Å². The first-order valence-electron chi connectivity index (χ1n) is 12.3. The van der Waals surface area contributed by atoms with Gasteiger partial charge in [-0.3, -0.25) is 4.57 Å². The third-order valence-corrected chi connectivity index (χ3v) is 7.17. The molecule has 5 aromatic rings. The van der Waals surface area contributed by atoms with E-state index in [1.807, 2.05) is 53.1 Å². The number of urea groups is 1. The number of hydrogen-bond acceptors (Lipinski definition) is 5. The van der Waals surface area contributed by atoms with Crippen molar-refractivity contribution >= 4 is 51.9 Å². The minimum absolute atomic E-state index is 0.234. The number of carbonyl (C=O) groups excluding carboxylic acids is 1. The molecule has 11 heteroatoms. The lowest BCUT2D eigenvalue weighted by atomic mass is 10.2. The van der Waals surface area contributed by atoms with E-state index in [1.54, 1.807) is 4.90 Å². The number of benzene rings is 3. The topological polar surface area (TPSA) is 79.2 Å². The Kier molecular flexibility index (Phi) is 6.76. The van der Waals surface area contributed by atoms with E-state index in [0.29, 0.717) is 64.7 Å². The van der Waals surface area contributed by atoms with Crippen LogP contribution in [0.2, 0.25) is 10.0 Å². The van der Waals surface area contributed by atoms with Gasteiger partial charge in [-0.05, 0) is 60.7 Å². The predicted octanol–water partition coefficient (Wildman–Crippen LogP) is 6.28. The molecule has 3 aromatic carbocycles. The van der Waals surface area contributed by atoms with E-state index in [9.17, 15) is 9.18 Å². The van der Waals surface area contributed by atoms with Crippen LogP contribution in [0.15, 0.2) is 79.1 Å². The number of carbonyl (C=O) groups is 1. The van der Waals surface area contributed by atoms with Crippen LogP contribution >= 0.6 is 23.2 Å². The van der Waals surface area contributed by atoms with Crippen molar-refractivity contribution in [2.24, 2.45) is 0 Å². The fraction of sp³-hybridized carbons (Fsp3) is 0.143. The molecular formula is C28H22Cl2FN7O. The van der Waals surface area contributed by atoms with Gasteiger partial charge in [-0.15, -0.1) is 0 Å². The summed E-state index contributed by atoms with van der Waals surface area (Å²) >= 11 is 12.7. The molecule has 1 fully saturated rings. The summed E-state index contributed by atoms with van der Waals surface area (Å²) in [5, 5.41) is 4.01. The van der Waals surface area contributed by atoms with Gasteiger partial charge in [-0.1, -0.05) is 35.3 Å². The molecule has 0 radical (unpaired) electrons. The monoisotopic (exact) mass is 561 g/mol. The average molecular weight is 562 g/mol.